The van der Waals surface area contributed by atoms with Crippen LogP contribution in [0.2, 0.25) is 0 Å². The zero-order valence-corrected chi connectivity index (χ0v) is 10.2. The van der Waals surface area contributed by atoms with Gasteiger partial charge in [-0.25, -0.2) is 0 Å². The molecule has 2 atom stereocenters. The Morgan fingerprint density at radius 2 is 2.25 bits per heavy atom. The molecule has 0 amide bonds. The Bertz CT molecular complexity index is 375. The van der Waals surface area contributed by atoms with Crippen LogP contribution in [0.15, 0.2) is 12.1 Å². The van der Waals surface area contributed by atoms with Crippen molar-refractivity contribution in [3.63, 3.8) is 0 Å². The number of rotatable bonds is 4. The molecule has 2 unspecified atom stereocenters. The lowest BCUT2D eigenvalue weighted by molar-refractivity contribution is -0.139. The van der Waals surface area contributed by atoms with Gasteiger partial charge in [-0.05, 0) is 37.8 Å². The average molecular weight is 239 g/mol. The first-order valence-corrected chi connectivity index (χ1v) is 6.57. The van der Waals surface area contributed by atoms with Gasteiger partial charge in [-0.2, -0.15) is 0 Å². The molecule has 0 aliphatic carbocycles. The van der Waals surface area contributed by atoms with E-state index in [1.165, 1.54) is 9.75 Å². The van der Waals surface area contributed by atoms with Gasteiger partial charge in [0.05, 0.1) is 0 Å². The van der Waals surface area contributed by atoms with E-state index in [0.29, 0.717) is 6.04 Å². The highest BCUT2D eigenvalue weighted by Crippen LogP contribution is 2.22. The number of carbonyl (C=O) groups is 1. The van der Waals surface area contributed by atoms with E-state index in [1.807, 2.05) is 11.3 Å². The van der Waals surface area contributed by atoms with E-state index in [4.69, 9.17) is 5.11 Å². The maximum atomic E-state index is 10.8. The van der Waals surface area contributed by atoms with Crippen LogP contribution >= 0.6 is 11.3 Å². The summed E-state index contributed by atoms with van der Waals surface area (Å²) in [4.78, 5) is 13.6. The second-order valence-corrected chi connectivity index (χ2v) is 5.51. The molecule has 3 nitrogen and oxygen atoms in total. The molecule has 2 heterocycles. The molecule has 1 fully saturated rings. The third-order valence-electron chi connectivity index (χ3n) is 3.05. The number of aryl methyl sites for hydroxylation is 1. The fraction of sp³-hybridized carbons (Fsp3) is 0.583. The van der Waals surface area contributed by atoms with Gasteiger partial charge >= 0.3 is 5.97 Å². The van der Waals surface area contributed by atoms with Crippen molar-refractivity contribution in [2.24, 2.45) is 0 Å². The second-order valence-electron chi connectivity index (χ2n) is 4.26. The molecule has 1 aromatic heterocycles. The Hall–Kier alpha value is -0.870. The zero-order chi connectivity index (χ0) is 11.5. The summed E-state index contributed by atoms with van der Waals surface area (Å²) in [7, 11) is 0. The molecule has 1 saturated heterocycles. The van der Waals surface area contributed by atoms with E-state index in [1.54, 1.807) is 0 Å². The van der Waals surface area contributed by atoms with Gasteiger partial charge in [0.2, 0.25) is 0 Å². The minimum absolute atomic E-state index is 0.337. The van der Waals surface area contributed by atoms with Crippen LogP contribution in [0.25, 0.3) is 0 Å². The van der Waals surface area contributed by atoms with Crippen LogP contribution in [0, 0.1) is 0 Å². The molecule has 88 valence electrons. The molecule has 1 aliphatic heterocycles. The predicted molar refractivity (Wildman–Crippen MR) is 65.0 cm³/mol. The standard InChI is InChI=1S/C12H17NO2S/c1-2-9-4-5-10(16-9)7-8-3-6-11(13-8)12(14)15/h4-5,8,11,13H,2-3,6-7H2,1H3,(H,14,15). The summed E-state index contributed by atoms with van der Waals surface area (Å²) in [5, 5.41) is 12.1. The molecule has 4 heteroatoms. The van der Waals surface area contributed by atoms with Crippen LogP contribution < -0.4 is 5.32 Å². The van der Waals surface area contributed by atoms with Crippen molar-refractivity contribution in [1.82, 2.24) is 5.32 Å². The van der Waals surface area contributed by atoms with Crippen LogP contribution in [0.3, 0.4) is 0 Å². The molecule has 0 aromatic carbocycles. The lowest BCUT2D eigenvalue weighted by Gasteiger charge is -2.10. The van der Waals surface area contributed by atoms with Crippen LogP contribution in [-0.4, -0.2) is 23.2 Å². The Labute approximate surface area is 99.5 Å². The Morgan fingerprint density at radius 1 is 1.50 bits per heavy atom. The van der Waals surface area contributed by atoms with Gasteiger partial charge in [-0.3, -0.25) is 4.79 Å². The second kappa shape index (κ2) is 4.97. The van der Waals surface area contributed by atoms with Crippen molar-refractivity contribution >= 4 is 17.3 Å². The molecule has 0 saturated carbocycles. The summed E-state index contributed by atoms with van der Waals surface area (Å²) in [6.45, 7) is 2.16. The summed E-state index contributed by atoms with van der Waals surface area (Å²) in [5.74, 6) is -0.720. The number of hydrogen-bond donors (Lipinski definition) is 2. The van der Waals surface area contributed by atoms with Crippen molar-refractivity contribution in [2.45, 2.75) is 44.7 Å². The number of thiophene rings is 1. The number of hydrogen-bond acceptors (Lipinski definition) is 3. The molecular weight excluding hydrogens is 222 g/mol. The van der Waals surface area contributed by atoms with Gasteiger partial charge in [0.25, 0.3) is 0 Å². The number of carboxylic acids is 1. The number of carboxylic acid groups (broad SMARTS) is 1. The van der Waals surface area contributed by atoms with Crippen LogP contribution in [-0.2, 0) is 17.6 Å². The normalized spacial score (nSPS) is 24.8. The minimum Gasteiger partial charge on any atom is -0.480 e. The number of aliphatic carboxylic acids is 1. The Balaban J connectivity index is 1.89. The summed E-state index contributed by atoms with van der Waals surface area (Å²) in [5.41, 5.74) is 0. The van der Waals surface area contributed by atoms with Gasteiger partial charge in [0.15, 0.2) is 0 Å². The molecule has 1 aromatic rings. The lowest BCUT2D eigenvalue weighted by Crippen LogP contribution is -2.36. The predicted octanol–water partition coefficient (Wildman–Crippen LogP) is 2.06. The lowest BCUT2D eigenvalue weighted by atomic mass is 10.1. The van der Waals surface area contributed by atoms with Crippen molar-refractivity contribution in [1.29, 1.82) is 0 Å². The van der Waals surface area contributed by atoms with Gasteiger partial charge in [-0.1, -0.05) is 6.92 Å². The first-order valence-electron chi connectivity index (χ1n) is 5.75. The van der Waals surface area contributed by atoms with Gasteiger partial charge in [0.1, 0.15) is 6.04 Å². The van der Waals surface area contributed by atoms with Crippen molar-refractivity contribution in [2.75, 3.05) is 0 Å². The number of nitrogens with one attached hydrogen (secondary N) is 1. The van der Waals surface area contributed by atoms with E-state index in [2.05, 4.69) is 24.4 Å². The molecule has 0 radical (unpaired) electrons. The highest BCUT2D eigenvalue weighted by atomic mass is 32.1. The van der Waals surface area contributed by atoms with Crippen LogP contribution in [0.4, 0.5) is 0 Å². The summed E-state index contributed by atoms with van der Waals surface area (Å²) < 4.78 is 0. The SMILES string of the molecule is CCc1ccc(CC2CCC(C(=O)O)N2)s1. The third-order valence-corrected chi connectivity index (χ3v) is 4.30. The zero-order valence-electron chi connectivity index (χ0n) is 9.40. The first kappa shape index (κ1) is 11.6. The first-order chi connectivity index (χ1) is 7.69. The van der Waals surface area contributed by atoms with Crippen molar-refractivity contribution in [3.05, 3.63) is 21.9 Å². The van der Waals surface area contributed by atoms with Crippen LogP contribution in [0.1, 0.15) is 29.5 Å². The average Bonchev–Trinajstić information content (AvgIpc) is 2.87. The fourth-order valence-electron chi connectivity index (χ4n) is 2.14. The third kappa shape index (κ3) is 2.62. The maximum Gasteiger partial charge on any atom is 0.320 e. The fourth-order valence-corrected chi connectivity index (χ4v) is 3.18. The summed E-state index contributed by atoms with van der Waals surface area (Å²) in [6.07, 6.45) is 3.78. The monoisotopic (exact) mass is 239 g/mol. The van der Waals surface area contributed by atoms with E-state index >= 15 is 0 Å². The Kier molecular flexibility index (Phi) is 3.61. The molecule has 1 aliphatic rings. The molecule has 0 spiro atoms. The summed E-state index contributed by atoms with van der Waals surface area (Å²) >= 11 is 1.84. The highest BCUT2D eigenvalue weighted by molar-refractivity contribution is 7.11. The van der Waals surface area contributed by atoms with Crippen molar-refractivity contribution < 1.29 is 9.90 Å². The highest BCUT2D eigenvalue weighted by Gasteiger charge is 2.28. The van der Waals surface area contributed by atoms with Gasteiger partial charge in [0, 0.05) is 15.8 Å². The maximum absolute atomic E-state index is 10.8. The summed E-state index contributed by atoms with van der Waals surface area (Å²) in [6, 6.07) is 4.34. The largest absolute Gasteiger partial charge is 0.480 e. The molecule has 16 heavy (non-hydrogen) atoms. The quantitative estimate of drug-likeness (QED) is 0.845. The molecule has 0 bridgehead atoms. The Morgan fingerprint density at radius 3 is 2.81 bits per heavy atom. The topological polar surface area (TPSA) is 49.3 Å². The van der Waals surface area contributed by atoms with Crippen molar-refractivity contribution in [3.8, 4) is 0 Å². The molecular formula is C12H17NO2S. The molecule has 2 rings (SSSR count). The van der Waals surface area contributed by atoms with E-state index in [9.17, 15) is 4.79 Å². The van der Waals surface area contributed by atoms with E-state index in [-0.39, 0.29) is 6.04 Å². The smallest absolute Gasteiger partial charge is 0.320 e. The molecule has 2 N–H and O–H groups in total. The van der Waals surface area contributed by atoms with Gasteiger partial charge in [-0.15, -0.1) is 11.3 Å². The van der Waals surface area contributed by atoms with Gasteiger partial charge < -0.3 is 10.4 Å². The minimum atomic E-state index is -0.720. The van der Waals surface area contributed by atoms with E-state index in [0.717, 1.165) is 25.7 Å². The van der Waals surface area contributed by atoms with E-state index < -0.39 is 5.97 Å². The van der Waals surface area contributed by atoms with Crippen LogP contribution in [0.5, 0.6) is 0 Å².